The number of nitriles is 1. The Kier molecular flexibility index (Phi) is 16.5. The highest BCUT2D eigenvalue weighted by molar-refractivity contribution is 6.13. The molecule has 0 spiro atoms. The fourth-order valence-electron chi connectivity index (χ4n) is 14.7. The molecule has 7 heterocycles. The molecule has 0 amide bonds. The van der Waals surface area contributed by atoms with Gasteiger partial charge < -0.3 is 9.13 Å². The summed E-state index contributed by atoms with van der Waals surface area (Å²) in [6.45, 7) is 0. The van der Waals surface area contributed by atoms with Gasteiger partial charge in [0.1, 0.15) is 0 Å². The zero-order valence-electron chi connectivity index (χ0n) is 59.6. The number of rotatable bonds is 15. The normalized spacial score (nSPS) is 11.4. The van der Waals surface area contributed by atoms with Crippen molar-refractivity contribution in [2.24, 2.45) is 0 Å². The van der Waals surface area contributed by atoms with Gasteiger partial charge in [-0.2, -0.15) is 5.26 Å². The summed E-state index contributed by atoms with van der Waals surface area (Å²) < 4.78 is 4.50. The molecule has 13 aromatic carbocycles. The smallest absolute Gasteiger partial charge is 0.164 e. The molecular formula is C96H58N16. The molecule has 0 aliphatic heterocycles. The van der Waals surface area contributed by atoms with E-state index >= 15 is 0 Å². The van der Waals surface area contributed by atoms with Crippen LogP contribution in [0.25, 0.3) is 203 Å². The van der Waals surface area contributed by atoms with E-state index in [1.807, 2.05) is 267 Å². The molecule has 0 aliphatic rings. The van der Waals surface area contributed by atoms with Gasteiger partial charge >= 0.3 is 0 Å². The molecule has 0 bridgehead atoms. The van der Waals surface area contributed by atoms with Crippen molar-refractivity contribution in [2.75, 3.05) is 0 Å². The second-order valence-electron chi connectivity index (χ2n) is 27.0. The van der Waals surface area contributed by atoms with Crippen LogP contribution in [0.15, 0.2) is 352 Å². The van der Waals surface area contributed by atoms with Gasteiger partial charge in [-0.05, 0) is 97.1 Å². The van der Waals surface area contributed by atoms with Crippen LogP contribution in [-0.4, -0.2) is 73.9 Å². The van der Waals surface area contributed by atoms with Gasteiger partial charge in [0.2, 0.25) is 0 Å². The first-order chi connectivity index (χ1) is 55.4. The summed E-state index contributed by atoms with van der Waals surface area (Å²) >= 11 is 0. The van der Waals surface area contributed by atoms with E-state index in [1.54, 1.807) is 6.20 Å². The first-order valence-corrected chi connectivity index (χ1v) is 36.6. The van der Waals surface area contributed by atoms with Crippen molar-refractivity contribution in [2.45, 2.75) is 0 Å². The first kappa shape index (κ1) is 65.6. The maximum Gasteiger partial charge on any atom is 0.164 e. The molecule has 0 unspecified atom stereocenters. The van der Waals surface area contributed by atoms with E-state index in [0.29, 0.717) is 86.6 Å². The third-order valence-electron chi connectivity index (χ3n) is 20.1. The predicted octanol–water partition coefficient (Wildman–Crippen LogP) is 21.6. The van der Waals surface area contributed by atoms with Gasteiger partial charge in [0.05, 0.1) is 39.4 Å². The highest BCUT2D eigenvalue weighted by Crippen LogP contribution is 2.44. The van der Waals surface area contributed by atoms with Crippen LogP contribution in [-0.2, 0) is 0 Å². The molecule has 20 rings (SSSR count). The molecule has 0 fully saturated rings. The van der Waals surface area contributed by atoms with Crippen LogP contribution in [0, 0.1) is 11.3 Å². The molecule has 0 aliphatic carbocycles. The van der Waals surface area contributed by atoms with Crippen LogP contribution in [0.4, 0.5) is 0 Å². The van der Waals surface area contributed by atoms with E-state index in [-0.39, 0.29) is 0 Å². The molecule has 0 N–H and O–H groups in total. The lowest BCUT2D eigenvalue weighted by atomic mass is 9.99. The van der Waals surface area contributed by atoms with E-state index in [1.165, 1.54) is 0 Å². The molecule has 0 radical (unpaired) electrons. The summed E-state index contributed by atoms with van der Waals surface area (Å²) in [5.74, 6) is 6.39. The molecule has 112 heavy (non-hydrogen) atoms. The highest BCUT2D eigenvalue weighted by atomic mass is 15.1. The Labute approximate surface area is 641 Å². The standard InChI is InChI=1S/C96H58N16/c97-58-72-41-46-73(111-80-47-42-68(93-103-85(60-25-9-1-10-26-60)99-86(104-93)61-27-11-2-12-28-61)53-75(80)76-54-69(43-48-81(76)111)94-105-87(62-29-13-3-14-30-62)100-88(106-94)63-31-15-4-16-32-63)57-74(72)79-59-98-52-51-84(79)112-82-49-44-70(95-107-89(64-33-17-5-18-34-64)101-90(108-95)65-35-19-6-20-36-65)55-77(82)78-56-71(45-50-83(78)112)96-109-91(66-37-21-7-22-38-66)102-92(110-96)67-39-23-8-24-40-67/h1-57,59H. The second kappa shape index (κ2) is 28.1. The summed E-state index contributed by atoms with van der Waals surface area (Å²) in [5, 5.41) is 15.1. The third kappa shape index (κ3) is 12.3. The van der Waals surface area contributed by atoms with E-state index in [2.05, 4.69) is 94.1 Å². The number of nitrogens with zero attached hydrogens (tertiary/aromatic N) is 16. The lowest BCUT2D eigenvalue weighted by Gasteiger charge is -2.16. The minimum Gasteiger partial charge on any atom is -0.309 e. The Morgan fingerprint density at radius 3 is 0.705 bits per heavy atom. The molecule has 16 nitrogen and oxygen atoms in total. The van der Waals surface area contributed by atoms with Crippen molar-refractivity contribution >= 4 is 43.6 Å². The zero-order valence-corrected chi connectivity index (χ0v) is 59.6. The van der Waals surface area contributed by atoms with Gasteiger partial charge in [0.25, 0.3) is 0 Å². The van der Waals surface area contributed by atoms with Crippen LogP contribution < -0.4 is 0 Å². The molecular weight excluding hydrogens is 1380 g/mol. The van der Waals surface area contributed by atoms with Gasteiger partial charge in [-0.25, -0.2) is 59.8 Å². The summed E-state index contributed by atoms with van der Waals surface area (Å²) in [5.41, 5.74) is 16.9. The summed E-state index contributed by atoms with van der Waals surface area (Å²) in [4.78, 5) is 66.7. The molecule has 20 aromatic rings. The van der Waals surface area contributed by atoms with Crippen LogP contribution >= 0.6 is 0 Å². The van der Waals surface area contributed by atoms with Gasteiger partial charge in [0, 0.05) is 118 Å². The van der Waals surface area contributed by atoms with Crippen LogP contribution in [0.5, 0.6) is 0 Å². The second-order valence-corrected chi connectivity index (χ2v) is 27.0. The average molecular weight is 1440 g/mol. The third-order valence-corrected chi connectivity index (χ3v) is 20.1. The molecule has 522 valence electrons. The monoisotopic (exact) mass is 1430 g/mol. The van der Waals surface area contributed by atoms with Gasteiger partial charge in [-0.1, -0.05) is 243 Å². The Balaban J connectivity index is 0.787. The van der Waals surface area contributed by atoms with Crippen molar-refractivity contribution < 1.29 is 0 Å². The number of aromatic nitrogens is 15. The first-order valence-electron chi connectivity index (χ1n) is 36.6. The van der Waals surface area contributed by atoms with E-state index < -0.39 is 0 Å². The zero-order chi connectivity index (χ0) is 74.4. The predicted molar refractivity (Wildman–Crippen MR) is 442 cm³/mol. The van der Waals surface area contributed by atoms with E-state index in [4.69, 9.17) is 64.8 Å². The van der Waals surface area contributed by atoms with Gasteiger partial charge in [-0.15, -0.1) is 0 Å². The molecule has 0 saturated heterocycles. The number of hydrogen-bond acceptors (Lipinski definition) is 14. The quantitative estimate of drug-likeness (QED) is 0.0938. The Morgan fingerprint density at radius 2 is 0.455 bits per heavy atom. The van der Waals surface area contributed by atoms with E-state index in [9.17, 15) is 5.26 Å². The lowest BCUT2D eigenvalue weighted by Crippen LogP contribution is -2.02. The maximum atomic E-state index is 11.5. The lowest BCUT2D eigenvalue weighted by molar-refractivity contribution is 1.07. The summed E-state index contributed by atoms with van der Waals surface area (Å²) in [6, 6.07) is 116. The van der Waals surface area contributed by atoms with Crippen LogP contribution in [0.1, 0.15) is 5.56 Å². The number of pyridine rings is 1. The number of hydrogen-bond donors (Lipinski definition) is 0. The summed E-state index contributed by atoms with van der Waals surface area (Å²) in [7, 11) is 0. The minimum atomic E-state index is 0.446. The van der Waals surface area contributed by atoms with Gasteiger partial charge in [-0.3, -0.25) is 4.98 Å². The number of benzene rings is 13. The average Bonchev–Trinajstić information content (AvgIpc) is 1.57. The van der Waals surface area contributed by atoms with E-state index in [0.717, 1.165) is 122 Å². The van der Waals surface area contributed by atoms with Crippen molar-refractivity contribution in [3.63, 3.8) is 0 Å². The Bertz CT molecular complexity index is 6450. The highest BCUT2D eigenvalue weighted by Gasteiger charge is 2.25. The topological polar surface area (TPSA) is 201 Å². The largest absolute Gasteiger partial charge is 0.309 e. The molecule has 0 saturated carbocycles. The molecule has 7 aromatic heterocycles. The summed E-state index contributed by atoms with van der Waals surface area (Å²) in [6.07, 6.45) is 3.65. The van der Waals surface area contributed by atoms with Crippen LogP contribution in [0.3, 0.4) is 0 Å². The van der Waals surface area contributed by atoms with Crippen molar-refractivity contribution in [3.05, 3.63) is 358 Å². The minimum absolute atomic E-state index is 0.446. The SMILES string of the molecule is N#Cc1ccc(-n2c3ccc(-c4nc(-c5ccccc5)nc(-c5ccccc5)n4)cc3c3cc(-c4nc(-c5ccccc5)nc(-c5ccccc5)n4)ccc32)cc1-c1cnccc1-n1c2ccc(-c3nc(-c4ccccc4)nc(-c4ccccc4)n3)cc2c2cc(-c3nc(-c4ccccc4)nc(-c4ccccc4)n3)ccc21. The van der Waals surface area contributed by atoms with Crippen molar-refractivity contribution in [1.82, 2.24) is 73.9 Å². The Morgan fingerprint density at radius 1 is 0.214 bits per heavy atom. The molecule has 16 heteroatoms. The van der Waals surface area contributed by atoms with Gasteiger partial charge in [0.15, 0.2) is 69.9 Å². The van der Waals surface area contributed by atoms with Crippen molar-refractivity contribution in [3.8, 4) is 165 Å². The fraction of sp³-hybridized carbons (Fsp3) is 0. The van der Waals surface area contributed by atoms with Crippen molar-refractivity contribution in [1.29, 1.82) is 5.26 Å². The Hall–Kier alpha value is -15.9. The maximum absolute atomic E-state index is 11.5. The number of fused-ring (bicyclic) bond motifs is 6. The van der Waals surface area contributed by atoms with Crippen LogP contribution in [0.2, 0.25) is 0 Å². The fourth-order valence-corrected chi connectivity index (χ4v) is 14.7. The molecule has 0 atom stereocenters.